The van der Waals surface area contributed by atoms with E-state index in [0.29, 0.717) is 22.7 Å². The maximum absolute atomic E-state index is 11.2. The number of piperidine rings is 1. The van der Waals surface area contributed by atoms with Crippen LogP contribution in [0, 0.1) is 18.3 Å². The molecule has 2 heterocycles. The second-order valence-electron chi connectivity index (χ2n) is 9.24. The van der Waals surface area contributed by atoms with Gasteiger partial charge in [-0.15, -0.1) is 10.2 Å². The molecule has 0 unspecified atom stereocenters. The van der Waals surface area contributed by atoms with Crippen LogP contribution in [-0.2, 0) is 0 Å². The van der Waals surface area contributed by atoms with Crippen LogP contribution in [0.2, 0.25) is 5.02 Å². The van der Waals surface area contributed by atoms with Crippen molar-refractivity contribution in [1.29, 1.82) is 5.26 Å². The Bertz CT molecular complexity index is 1050. The highest BCUT2D eigenvalue weighted by atomic mass is 35.5. The molecule has 0 radical (unpaired) electrons. The number of carbonyl (C=O) groups is 1. The molecule has 1 amide bonds. The monoisotopic (exact) mass is 482 g/mol. The molecule has 180 valence electrons. The molecule has 1 aromatic carbocycles. The summed E-state index contributed by atoms with van der Waals surface area (Å²) in [5.41, 5.74) is 6.76. The van der Waals surface area contributed by atoms with Gasteiger partial charge in [0.1, 0.15) is 11.8 Å². The normalized spacial score (nSPS) is 21.3. The minimum Gasteiger partial charge on any atom is -0.490 e. The molecular weight excluding hydrogens is 452 g/mol. The molecule has 2 fully saturated rings. The Morgan fingerprint density at radius 2 is 1.79 bits per heavy atom. The van der Waals surface area contributed by atoms with Crippen LogP contribution in [0.15, 0.2) is 24.3 Å². The van der Waals surface area contributed by atoms with Gasteiger partial charge in [0.25, 0.3) is 5.91 Å². The fourth-order valence-corrected chi connectivity index (χ4v) is 5.26. The van der Waals surface area contributed by atoms with E-state index in [-0.39, 0.29) is 11.8 Å². The number of halogens is 1. The molecule has 4 rings (SSSR count). The number of anilines is 1. The SMILES string of the molecule is Cc1c(OC2CCC(N(C)C3CCN(c4ccc(C(N)=O)nn4)CC3)CC2)ccc(C#N)c1Cl. The van der Waals surface area contributed by atoms with Crippen LogP contribution in [0.1, 0.15) is 60.1 Å². The highest BCUT2D eigenvalue weighted by Gasteiger charge is 2.31. The standard InChI is InChI=1S/C25H31ClN6O2/c1-16-22(9-3-17(15-27)24(16)26)34-20-6-4-18(5-7-20)31(2)19-11-13-32(14-12-19)23-10-8-21(25(28)33)29-30-23/h3,8-10,18-20H,4-7,11-14H2,1-2H3,(H2,28,33). The topological polar surface area (TPSA) is 108 Å². The van der Waals surface area contributed by atoms with Gasteiger partial charge in [0.15, 0.2) is 11.5 Å². The van der Waals surface area contributed by atoms with E-state index >= 15 is 0 Å². The van der Waals surface area contributed by atoms with E-state index in [9.17, 15) is 4.79 Å². The number of nitrogens with two attached hydrogens (primary N) is 1. The van der Waals surface area contributed by atoms with Gasteiger partial charge in [-0.05, 0) is 76.8 Å². The average molecular weight is 483 g/mol. The molecule has 1 aliphatic heterocycles. The second-order valence-corrected chi connectivity index (χ2v) is 9.61. The first-order valence-electron chi connectivity index (χ1n) is 11.8. The molecule has 8 nitrogen and oxygen atoms in total. The minimum absolute atomic E-state index is 0.177. The average Bonchev–Trinajstić information content (AvgIpc) is 2.87. The third-order valence-electron chi connectivity index (χ3n) is 7.24. The summed E-state index contributed by atoms with van der Waals surface area (Å²) in [7, 11) is 2.25. The first-order valence-corrected chi connectivity index (χ1v) is 12.2. The number of nitrogens with zero attached hydrogens (tertiary/aromatic N) is 5. The van der Waals surface area contributed by atoms with Gasteiger partial charge in [-0.3, -0.25) is 4.79 Å². The third kappa shape index (κ3) is 5.26. The Morgan fingerprint density at radius 3 is 2.38 bits per heavy atom. The van der Waals surface area contributed by atoms with E-state index in [1.165, 1.54) is 0 Å². The van der Waals surface area contributed by atoms with Gasteiger partial charge in [-0.1, -0.05) is 11.6 Å². The quantitative estimate of drug-likeness (QED) is 0.668. The Kier molecular flexibility index (Phi) is 7.54. The molecule has 2 N–H and O–H groups in total. The highest BCUT2D eigenvalue weighted by molar-refractivity contribution is 6.32. The number of hydrogen-bond donors (Lipinski definition) is 1. The zero-order valence-electron chi connectivity index (χ0n) is 19.7. The number of nitriles is 1. The van der Waals surface area contributed by atoms with Crippen molar-refractivity contribution in [3.63, 3.8) is 0 Å². The fourth-order valence-electron chi connectivity index (χ4n) is 5.06. The van der Waals surface area contributed by atoms with Crippen LogP contribution in [0.25, 0.3) is 0 Å². The van der Waals surface area contributed by atoms with Crippen molar-refractivity contribution in [3.8, 4) is 11.8 Å². The Morgan fingerprint density at radius 1 is 1.12 bits per heavy atom. The summed E-state index contributed by atoms with van der Waals surface area (Å²) in [5.74, 6) is 1.01. The number of hydrogen-bond acceptors (Lipinski definition) is 7. The van der Waals surface area contributed by atoms with Crippen molar-refractivity contribution in [2.24, 2.45) is 5.73 Å². The van der Waals surface area contributed by atoms with Gasteiger partial charge in [0.2, 0.25) is 0 Å². The van der Waals surface area contributed by atoms with Gasteiger partial charge in [0.05, 0.1) is 16.7 Å². The van der Waals surface area contributed by atoms with Crippen molar-refractivity contribution in [1.82, 2.24) is 15.1 Å². The molecule has 34 heavy (non-hydrogen) atoms. The number of benzene rings is 1. The fraction of sp³-hybridized carbons (Fsp3) is 0.520. The summed E-state index contributed by atoms with van der Waals surface area (Å²) in [5, 5.41) is 17.7. The van der Waals surface area contributed by atoms with E-state index in [1.807, 2.05) is 19.1 Å². The second kappa shape index (κ2) is 10.6. The van der Waals surface area contributed by atoms with Crippen molar-refractivity contribution in [2.45, 2.75) is 63.6 Å². The van der Waals surface area contributed by atoms with Crippen LogP contribution in [0.5, 0.6) is 5.75 Å². The van der Waals surface area contributed by atoms with Crippen LogP contribution in [0.4, 0.5) is 5.82 Å². The number of primary amides is 1. The predicted octanol–water partition coefficient (Wildman–Crippen LogP) is 3.70. The van der Waals surface area contributed by atoms with Crippen LogP contribution in [0.3, 0.4) is 0 Å². The maximum atomic E-state index is 11.2. The van der Waals surface area contributed by atoms with Crippen molar-refractivity contribution in [2.75, 3.05) is 25.0 Å². The molecule has 0 atom stereocenters. The largest absolute Gasteiger partial charge is 0.490 e. The maximum Gasteiger partial charge on any atom is 0.269 e. The first kappa shape index (κ1) is 24.2. The summed E-state index contributed by atoms with van der Waals surface area (Å²) < 4.78 is 6.27. The smallest absolute Gasteiger partial charge is 0.269 e. The number of amides is 1. The molecule has 2 aliphatic rings. The molecule has 0 spiro atoms. The lowest BCUT2D eigenvalue weighted by molar-refractivity contribution is 0.0717. The summed E-state index contributed by atoms with van der Waals surface area (Å²) in [6, 6.07) is 10.3. The molecule has 1 aliphatic carbocycles. The van der Waals surface area contributed by atoms with E-state index in [1.54, 1.807) is 12.1 Å². The Labute approximate surface area is 205 Å². The molecular formula is C25H31ClN6O2. The zero-order chi connectivity index (χ0) is 24.2. The molecule has 1 aromatic heterocycles. The third-order valence-corrected chi connectivity index (χ3v) is 7.72. The minimum atomic E-state index is -0.560. The molecule has 1 saturated heterocycles. The lowest BCUT2D eigenvalue weighted by Gasteiger charge is -2.42. The van der Waals surface area contributed by atoms with Gasteiger partial charge < -0.3 is 20.3 Å². The van der Waals surface area contributed by atoms with E-state index < -0.39 is 5.91 Å². The van der Waals surface area contributed by atoms with Gasteiger partial charge in [-0.2, -0.15) is 5.26 Å². The summed E-state index contributed by atoms with van der Waals surface area (Å²) in [6.45, 7) is 3.73. The predicted molar refractivity (Wildman–Crippen MR) is 131 cm³/mol. The van der Waals surface area contributed by atoms with Crippen LogP contribution < -0.4 is 15.4 Å². The Balaban J connectivity index is 1.26. The van der Waals surface area contributed by atoms with Gasteiger partial charge in [0, 0.05) is 30.7 Å². The van der Waals surface area contributed by atoms with Crippen molar-refractivity contribution >= 4 is 23.3 Å². The molecule has 9 heteroatoms. The lowest BCUT2D eigenvalue weighted by Crippen LogP contribution is -2.48. The van der Waals surface area contributed by atoms with Crippen molar-refractivity contribution < 1.29 is 9.53 Å². The van der Waals surface area contributed by atoms with E-state index in [2.05, 4.69) is 33.1 Å². The molecule has 1 saturated carbocycles. The van der Waals surface area contributed by atoms with E-state index in [0.717, 1.165) is 68.7 Å². The van der Waals surface area contributed by atoms with Gasteiger partial charge >= 0.3 is 0 Å². The first-order chi connectivity index (χ1) is 16.4. The molecule has 0 bridgehead atoms. The highest BCUT2D eigenvalue weighted by Crippen LogP contribution is 2.33. The number of rotatable bonds is 6. The number of carbonyl (C=O) groups excluding carboxylic acids is 1. The zero-order valence-corrected chi connectivity index (χ0v) is 20.5. The van der Waals surface area contributed by atoms with Crippen LogP contribution >= 0.6 is 11.6 Å². The van der Waals surface area contributed by atoms with Crippen LogP contribution in [-0.4, -0.2) is 59.3 Å². The molecule has 2 aromatic rings. The summed E-state index contributed by atoms with van der Waals surface area (Å²) >= 11 is 6.30. The Hall–Kier alpha value is -2.89. The summed E-state index contributed by atoms with van der Waals surface area (Å²) in [4.78, 5) is 16.0. The number of aromatic nitrogens is 2. The summed E-state index contributed by atoms with van der Waals surface area (Å²) in [6.07, 6.45) is 6.52. The lowest BCUT2D eigenvalue weighted by atomic mass is 9.90. The van der Waals surface area contributed by atoms with Gasteiger partial charge in [-0.25, -0.2) is 0 Å². The van der Waals surface area contributed by atoms with Crippen molar-refractivity contribution in [3.05, 3.63) is 46.1 Å². The number of ether oxygens (including phenoxy) is 1. The van der Waals surface area contributed by atoms with E-state index in [4.69, 9.17) is 27.3 Å².